The Labute approximate surface area is 138 Å². The van der Waals surface area contributed by atoms with Crippen molar-refractivity contribution >= 4 is 0 Å². The summed E-state index contributed by atoms with van der Waals surface area (Å²) in [5.74, 6) is 5.12. The van der Waals surface area contributed by atoms with Crippen LogP contribution in [-0.2, 0) is 0 Å². The van der Waals surface area contributed by atoms with Crippen LogP contribution >= 0.6 is 0 Å². The zero-order chi connectivity index (χ0) is 15.5. The molecule has 128 valence electrons. The number of rotatable bonds is 3. The van der Waals surface area contributed by atoms with Crippen LogP contribution in [-0.4, -0.2) is 11.2 Å². The van der Waals surface area contributed by atoms with Crippen molar-refractivity contribution in [1.82, 2.24) is 0 Å². The van der Waals surface area contributed by atoms with E-state index in [2.05, 4.69) is 13.8 Å². The lowest BCUT2D eigenvalue weighted by atomic mass is 9.67. The molecule has 0 aromatic heterocycles. The van der Waals surface area contributed by atoms with Crippen molar-refractivity contribution in [3.63, 3.8) is 0 Å². The molecule has 0 spiro atoms. The molecule has 3 fully saturated rings. The molecule has 1 heteroatoms. The molecule has 0 heterocycles. The van der Waals surface area contributed by atoms with Crippen LogP contribution in [0.4, 0.5) is 0 Å². The Bertz CT molecular complexity index is 315. The van der Waals surface area contributed by atoms with Crippen LogP contribution in [0.1, 0.15) is 90.9 Å². The number of aliphatic hydroxyl groups excluding tert-OH is 1. The second-order valence-electron chi connectivity index (χ2n) is 9.21. The van der Waals surface area contributed by atoms with E-state index in [4.69, 9.17) is 0 Å². The molecule has 3 rings (SSSR count). The van der Waals surface area contributed by atoms with Gasteiger partial charge in [0.05, 0.1) is 6.10 Å². The third-order valence-electron chi connectivity index (χ3n) is 7.57. The van der Waals surface area contributed by atoms with Gasteiger partial charge in [-0.05, 0) is 86.9 Å². The van der Waals surface area contributed by atoms with Gasteiger partial charge in [-0.2, -0.15) is 0 Å². The van der Waals surface area contributed by atoms with Crippen LogP contribution in [0, 0.1) is 35.5 Å². The number of hydrogen-bond acceptors (Lipinski definition) is 1. The molecular weight excluding hydrogens is 268 g/mol. The summed E-state index contributed by atoms with van der Waals surface area (Å²) in [7, 11) is 0. The highest BCUT2D eigenvalue weighted by Crippen LogP contribution is 2.44. The summed E-state index contributed by atoms with van der Waals surface area (Å²) in [5.41, 5.74) is 0. The van der Waals surface area contributed by atoms with Crippen LogP contribution in [0.25, 0.3) is 0 Å². The number of aliphatic hydroxyl groups is 1. The summed E-state index contributed by atoms with van der Waals surface area (Å²) >= 11 is 0. The highest BCUT2D eigenvalue weighted by atomic mass is 16.3. The van der Waals surface area contributed by atoms with Gasteiger partial charge in [-0.1, -0.05) is 39.5 Å². The van der Waals surface area contributed by atoms with Gasteiger partial charge in [0.2, 0.25) is 0 Å². The topological polar surface area (TPSA) is 20.2 Å². The van der Waals surface area contributed by atoms with E-state index >= 15 is 0 Å². The maximum Gasteiger partial charge on any atom is 0.0596 e. The van der Waals surface area contributed by atoms with Crippen molar-refractivity contribution in [2.24, 2.45) is 35.5 Å². The highest BCUT2D eigenvalue weighted by molar-refractivity contribution is 4.86. The van der Waals surface area contributed by atoms with Gasteiger partial charge in [-0.3, -0.25) is 0 Å². The molecule has 1 atom stereocenters. The van der Waals surface area contributed by atoms with E-state index in [-0.39, 0.29) is 6.10 Å². The van der Waals surface area contributed by atoms with E-state index in [1.54, 1.807) is 0 Å². The molecule has 0 aliphatic heterocycles. The number of hydrogen-bond donors (Lipinski definition) is 1. The molecule has 3 aliphatic rings. The van der Waals surface area contributed by atoms with Crippen molar-refractivity contribution in [1.29, 1.82) is 0 Å². The summed E-state index contributed by atoms with van der Waals surface area (Å²) < 4.78 is 0. The largest absolute Gasteiger partial charge is 0.393 e. The molecular formula is C21H38O. The van der Waals surface area contributed by atoms with Gasteiger partial charge in [0.1, 0.15) is 0 Å². The van der Waals surface area contributed by atoms with E-state index in [1.807, 2.05) is 0 Å². The summed E-state index contributed by atoms with van der Waals surface area (Å²) in [5, 5.41) is 10.8. The van der Waals surface area contributed by atoms with Gasteiger partial charge in [0.15, 0.2) is 0 Å². The molecule has 0 unspecified atom stereocenters. The van der Waals surface area contributed by atoms with Crippen LogP contribution in [0.2, 0.25) is 0 Å². The predicted molar refractivity (Wildman–Crippen MR) is 93.7 cm³/mol. The average Bonchev–Trinajstić information content (AvgIpc) is 2.56. The van der Waals surface area contributed by atoms with Gasteiger partial charge in [-0.15, -0.1) is 0 Å². The Morgan fingerprint density at radius 1 is 0.545 bits per heavy atom. The fourth-order valence-corrected chi connectivity index (χ4v) is 5.73. The Morgan fingerprint density at radius 3 is 1.32 bits per heavy atom. The monoisotopic (exact) mass is 306 g/mol. The average molecular weight is 307 g/mol. The first-order valence-electron chi connectivity index (χ1n) is 10.3. The molecule has 3 saturated carbocycles. The minimum atomic E-state index is 0.0137. The minimum Gasteiger partial charge on any atom is -0.393 e. The van der Waals surface area contributed by atoms with Crippen molar-refractivity contribution < 1.29 is 5.11 Å². The van der Waals surface area contributed by atoms with Crippen molar-refractivity contribution in [2.45, 2.75) is 97.0 Å². The molecule has 0 aromatic carbocycles. The van der Waals surface area contributed by atoms with E-state index < -0.39 is 0 Å². The molecule has 0 aromatic rings. The molecule has 0 bridgehead atoms. The quantitative estimate of drug-likeness (QED) is 0.698. The third-order valence-corrected chi connectivity index (χ3v) is 7.57. The standard InChI is InChI=1S/C21H38O/c1-15-3-7-17(8-4-15)18-11-13-20(14-12-18)21(22)19-9-5-16(2)6-10-19/h15-22H,3-14H2,1-2H3/t15?,16?,17?,18?,19?,20?,21-/m0/s1. The molecule has 3 aliphatic carbocycles. The molecule has 0 saturated heterocycles. The Kier molecular flexibility index (Phi) is 5.87. The summed E-state index contributed by atoms with van der Waals surface area (Å²) in [4.78, 5) is 0. The third kappa shape index (κ3) is 4.08. The lowest BCUT2D eigenvalue weighted by molar-refractivity contribution is 0.000982. The molecule has 22 heavy (non-hydrogen) atoms. The first-order chi connectivity index (χ1) is 10.6. The van der Waals surface area contributed by atoms with Crippen LogP contribution in [0.15, 0.2) is 0 Å². The van der Waals surface area contributed by atoms with Crippen molar-refractivity contribution in [3.8, 4) is 0 Å². The zero-order valence-electron chi connectivity index (χ0n) is 15.0. The lowest BCUT2D eigenvalue weighted by Crippen LogP contribution is -2.35. The smallest absolute Gasteiger partial charge is 0.0596 e. The van der Waals surface area contributed by atoms with Gasteiger partial charge < -0.3 is 5.11 Å². The lowest BCUT2D eigenvalue weighted by Gasteiger charge is -2.40. The summed E-state index contributed by atoms with van der Waals surface area (Å²) in [6.07, 6.45) is 16.6. The fraction of sp³-hybridized carbons (Fsp3) is 1.00. The second kappa shape index (κ2) is 7.69. The Morgan fingerprint density at radius 2 is 0.864 bits per heavy atom. The fourth-order valence-electron chi connectivity index (χ4n) is 5.73. The minimum absolute atomic E-state index is 0.0137. The maximum atomic E-state index is 10.8. The van der Waals surface area contributed by atoms with Gasteiger partial charge in [-0.25, -0.2) is 0 Å². The van der Waals surface area contributed by atoms with Crippen molar-refractivity contribution in [3.05, 3.63) is 0 Å². The molecule has 0 amide bonds. The van der Waals surface area contributed by atoms with E-state index in [0.29, 0.717) is 11.8 Å². The highest BCUT2D eigenvalue weighted by Gasteiger charge is 2.35. The van der Waals surface area contributed by atoms with E-state index in [9.17, 15) is 5.11 Å². The van der Waals surface area contributed by atoms with E-state index in [1.165, 1.54) is 77.0 Å². The second-order valence-corrected chi connectivity index (χ2v) is 9.21. The van der Waals surface area contributed by atoms with E-state index in [0.717, 1.165) is 23.7 Å². The van der Waals surface area contributed by atoms with Crippen molar-refractivity contribution in [2.75, 3.05) is 0 Å². The summed E-state index contributed by atoms with van der Waals surface area (Å²) in [6.45, 7) is 4.80. The van der Waals surface area contributed by atoms with Gasteiger partial charge in [0.25, 0.3) is 0 Å². The normalized spacial score (nSPS) is 45.4. The maximum absolute atomic E-state index is 10.8. The van der Waals surface area contributed by atoms with Crippen LogP contribution in [0.3, 0.4) is 0 Å². The van der Waals surface area contributed by atoms with Crippen LogP contribution < -0.4 is 0 Å². The van der Waals surface area contributed by atoms with Gasteiger partial charge >= 0.3 is 0 Å². The first-order valence-corrected chi connectivity index (χ1v) is 10.3. The van der Waals surface area contributed by atoms with Gasteiger partial charge in [0, 0.05) is 0 Å². The SMILES string of the molecule is CC1CCC(C2CCC([C@@H](O)C3CCC(C)CC3)CC2)CC1. The zero-order valence-corrected chi connectivity index (χ0v) is 15.0. The van der Waals surface area contributed by atoms with Crippen LogP contribution in [0.5, 0.6) is 0 Å². The first kappa shape index (κ1) is 16.8. The predicted octanol–water partition coefficient (Wildman–Crippen LogP) is 5.81. The molecule has 0 radical (unpaired) electrons. The molecule has 1 nitrogen and oxygen atoms in total. The Balaban J connectivity index is 1.43. The Hall–Kier alpha value is -0.0400. The molecule has 1 N–H and O–H groups in total. The summed E-state index contributed by atoms with van der Waals surface area (Å²) in [6, 6.07) is 0.